The van der Waals surface area contributed by atoms with Gasteiger partial charge in [0.25, 0.3) is 0 Å². The Balaban J connectivity index is 1.86. The van der Waals surface area contributed by atoms with Gasteiger partial charge in [-0.05, 0) is 31.5 Å². The van der Waals surface area contributed by atoms with Gasteiger partial charge in [0.15, 0.2) is 6.29 Å². The number of halogens is 2. The van der Waals surface area contributed by atoms with E-state index in [1.165, 1.54) is 24.5 Å². The molecule has 1 aromatic heterocycles. The van der Waals surface area contributed by atoms with E-state index in [1.54, 1.807) is 6.92 Å². The van der Waals surface area contributed by atoms with Crippen LogP contribution in [0.15, 0.2) is 24.5 Å². The molecule has 3 rings (SSSR count). The Hall–Kier alpha value is -1.92. The summed E-state index contributed by atoms with van der Waals surface area (Å²) in [7, 11) is 0. The van der Waals surface area contributed by atoms with Crippen LogP contribution in [-0.4, -0.2) is 29.5 Å². The van der Waals surface area contributed by atoms with Crippen LogP contribution < -0.4 is 0 Å². The van der Waals surface area contributed by atoms with Crippen LogP contribution in [0.5, 0.6) is 0 Å². The van der Waals surface area contributed by atoms with Crippen LogP contribution in [0.4, 0.5) is 8.78 Å². The highest BCUT2D eigenvalue weighted by Gasteiger charge is 2.23. The predicted octanol–water partition coefficient (Wildman–Crippen LogP) is 3.21. The van der Waals surface area contributed by atoms with Crippen LogP contribution in [0.1, 0.15) is 24.2 Å². The first-order valence-corrected chi connectivity index (χ1v) is 7.05. The number of hydrogen-bond donors (Lipinski definition) is 0. The van der Waals surface area contributed by atoms with Gasteiger partial charge in [0.1, 0.15) is 17.5 Å². The summed E-state index contributed by atoms with van der Waals surface area (Å²) in [4.78, 5) is 8.41. The zero-order chi connectivity index (χ0) is 15.7. The van der Waals surface area contributed by atoms with Crippen molar-refractivity contribution in [2.75, 3.05) is 13.2 Å². The van der Waals surface area contributed by atoms with Crippen molar-refractivity contribution < 1.29 is 18.3 Å². The van der Waals surface area contributed by atoms with Crippen molar-refractivity contribution in [2.45, 2.75) is 26.1 Å². The van der Waals surface area contributed by atoms with E-state index in [-0.39, 0.29) is 17.8 Å². The molecule has 0 unspecified atom stereocenters. The standard InChI is InChI=1S/C16H16F2N2O2/c1-9-3-13(17)15(14(18)4-9)11-5-19-16(20-6-11)12-7-21-10(2)22-8-12/h3-6,10,12H,7-8H2,1-2H3. The Labute approximate surface area is 127 Å². The van der Waals surface area contributed by atoms with Gasteiger partial charge < -0.3 is 9.47 Å². The lowest BCUT2D eigenvalue weighted by atomic mass is 10.0. The third-order valence-electron chi connectivity index (χ3n) is 3.58. The number of hydrogen-bond acceptors (Lipinski definition) is 4. The van der Waals surface area contributed by atoms with Crippen molar-refractivity contribution in [1.29, 1.82) is 0 Å². The summed E-state index contributed by atoms with van der Waals surface area (Å²) in [5, 5.41) is 0. The normalized spacial score (nSPS) is 21.8. The second-order valence-electron chi connectivity index (χ2n) is 5.36. The molecule has 1 saturated heterocycles. The van der Waals surface area contributed by atoms with Gasteiger partial charge in [-0.15, -0.1) is 0 Å². The SMILES string of the molecule is Cc1cc(F)c(-c2cnc(C3COC(C)OC3)nc2)c(F)c1. The molecule has 22 heavy (non-hydrogen) atoms. The molecule has 116 valence electrons. The van der Waals surface area contributed by atoms with Gasteiger partial charge >= 0.3 is 0 Å². The molecule has 0 amide bonds. The van der Waals surface area contributed by atoms with Gasteiger partial charge in [-0.25, -0.2) is 18.7 Å². The summed E-state index contributed by atoms with van der Waals surface area (Å²) in [5.41, 5.74) is 0.730. The minimum Gasteiger partial charge on any atom is -0.352 e. The molecule has 4 nitrogen and oxygen atoms in total. The van der Waals surface area contributed by atoms with Gasteiger partial charge in [-0.2, -0.15) is 0 Å². The number of ether oxygens (including phenoxy) is 2. The van der Waals surface area contributed by atoms with E-state index < -0.39 is 11.6 Å². The van der Waals surface area contributed by atoms with Gasteiger partial charge in [-0.3, -0.25) is 0 Å². The van der Waals surface area contributed by atoms with Gasteiger partial charge in [0.05, 0.1) is 24.7 Å². The topological polar surface area (TPSA) is 44.2 Å². The first-order valence-electron chi connectivity index (χ1n) is 7.05. The van der Waals surface area contributed by atoms with Crippen LogP contribution in [0.3, 0.4) is 0 Å². The number of aromatic nitrogens is 2. The largest absolute Gasteiger partial charge is 0.352 e. The maximum atomic E-state index is 14.0. The summed E-state index contributed by atoms with van der Waals surface area (Å²) < 4.78 is 38.7. The van der Waals surface area contributed by atoms with Crippen molar-refractivity contribution in [3.05, 3.63) is 47.5 Å². The average molecular weight is 306 g/mol. The number of aryl methyl sites for hydroxylation is 1. The van der Waals surface area contributed by atoms with Crippen molar-refractivity contribution >= 4 is 0 Å². The van der Waals surface area contributed by atoms with E-state index in [4.69, 9.17) is 9.47 Å². The minimum absolute atomic E-state index is 0.0713. The highest BCUT2D eigenvalue weighted by molar-refractivity contribution is 5.63. The Morgan fingerprint density at radius 2 is 1.59 bits per heavy atom. The van der Waals surface area contributed by atoms with E-state index in [0.717, 1.165) is 0 Å². The second-order valence-corrected chi connectivity index (χ2v) is 5.36. The second kappa shape index (κ2) is 6.06. The Morgan fingerprint density at radius 3 is 2.14 bits per heavy atom. The molecule has 0 N–H and O–H groups in total. The molecule has 0 radical (unpaired) electrons. The van der Waals surface area contributed by atoms with Crippen molar-refractivity contribution in [2.24, 2.45) is 0 Å². The van der Waals surface area contributed by atoms with E-state index in [9.17, 15) is 8.78 Å². The minimum atomic E-state index is -0.619. The fraction of sp³-hybridized carbons (Fsp3) is 0.375. The van der Waals surface area contributed by atoms with E-state index in [0.29, 0.717) is 30.2 Å². The van der Waals surface area contributed by atoms with Crippen LogP contribution in [0, 0.1) is 18.6 Å². The smallest absolute Gasteiger partial charge is 0.154 e. The fourth-order valence-corrected chi connectivity index (χ4v) is 2.40. The number of nitrogens with zero attached hydrogens (tertiary/aromatic N) is 2. The van der Waals surface area contributed by atoms with Crippen LogP contribution >= 0.6 is 0 Å². The maximum Gasteiger partial charge on any atom is 0.154 e. The molecule has 1 aliphatic heterocycles. The molecule has 0 atom stereocenters. The lowest BCUT2D eigenvalue weighted by Gasteiger charge is -2.26. The fourth-order valence-electron chi connectivity index (χ4n) is 2.40. The highest BCUT2D eigenvalue weighted by atomic mass is 19.1. The molecule has 2 heterocycles. The Kier molecular flexibility index (Phi) is 4.13. The molecule has 0 aliphatic carbocycles. The summed E-state index contributed by atoms with van der Waals surface area (Å²) in [5.74, 6) is -0.763. The maximum absolute atomic E-state index is 14.0. The molecule has 1 aromatic carbocycles. The van der Waals surface area contributed by atoms with Crippen LogP contribution in [0.2, 0.25) is 0 Å². The van der Waals surface area contributed by atoms with Crippen LogP contribution in [-0.2, 0) is 9.47 Å². The lowest BCUT2D eigenvalue weighted by Crippen LogP contribution is -2.29. The van der Waals surface area contributed by atoms with Crippen LogP contribution in [0.25, 0.3) is 11.1 Å². The van der Waals surface area contributed by atoms with Crippen molar-refractivity contribution in [3.63, 3.8) is 0 Å². The van der Waals surface area contributed by atoms with Crippen molar-refractivity contribution in [3.8, 4) is 11.1 Å². The van der Waals surface area contributed by atoms with E-state index in [1.807, 2.05) is 6.92 Å². The quantitative estimate of drug-likeness (QED) is 0.854. The Bertz CT molecular complexity index is 645. The van der Waals surface area contributed by atoms with E-state index in [2.05, 4.69) is 9.97 Å². The highest BCUT2D eigenvalue weighted by Crippen LogP contribution is 2.27. The van der Waals surface area contributed by atoms with E-state index >= 15 is 0 Å². The first-order chi connectivity index (χ1) is 10.5. The average Bonchev–Trinajstić information content (AvgIpc) is 2.48. The number of benzene rings is 1. The van der Waals surface area contributed by atoms with Gasteiger partial charge in [-0.1, -0.05) is 0 Å². The van der Waals surface area contributed by atoms with Gasteiger partial charge in [0, 0.05) is 18.0 Å². The molecule has 1 fully saturated rings. The third kappa shape index (κ3) is 2.98. The van der Waals surface area contributed by atoms with Crippen molar-refractivity contribution in [1.82, 2.24) is 9.97 Å². The summed E-state index contributed by atoms with van der Waals surface area (Å²) in [6.07, 6.45) is 2.63. The lowest BCUT2D eigenvalue weighted by molar-refractivity contribution is -0.177. The summed E-state index contributed by atoms with van der Waals surface area (Å²) in [6, 6.07) is 2.58. The molecular weight excluding hydrogens is 290 g/mol. The molecule has 0 saturated carbocycles. The summed E-state index contributed by atoms with van der Waals surface area (Å²) in [6.45, 7) is 4.39. The zero-order valence-corrected chi connectivity index (χ0v) is 12.3. The molecule has 0 spiro atoms. The molecular formula is C16H16F2N2O2. The zero-order valence-electron chi connectivity index (χ0n) is 12.3. The molecule has 0 bridgehead atoms. The Morgan fingerprint density at radius 1 is 1.05 bits per heavy atom. The first kappa shape index (κ1) is 15.0. The predicted molar refractivity (Wildman–Crippen MR) is 76.2 cm³/mol. The van der Waals surface area contributed by atoms with Gasteiger partial charge in [0.2, 0.25) is 0 Å². The molecule has 6 heteroatoms. The summed E-state index contributed by atoms with van der Waals surface area (Å²) >= 11 is 0. The molecule has 2 aromatic rings. The monoisotopic (exact) mass is 306 g/mol. The molecule has 1 aliphatic rings. The third-order valence-corrected chi connectivity index (χ3v) is 3.58. The number of rotatable bonds is 2.